The second-order valence-corrected chi connectivity index (χ2v) is 9.82. The average molecular weight is 511 g/mol. The third-order valence-corrected chi connectivity index (χ3v) is 6.98. The molecule has 0 spiro atoms. The van der Waals surface area contributed by atoms with Gasteiger partial charge in [-0.3, -0.25) is 0 Å². The highest BCUT2D eigenvalue weighted by atomic mass is 15.1. The molecule has 0 saturated heterocycles. The van der Waals surface area contributed by atoms with Gasteiger partial charge < -0.3 is 9.80 Å². The molecule has 0 fully saturated rings. The summed E-state index contributed by atoms with van der Waals surface area (Å²) in [6, 6.07) is 44.6. The summed E-state index contributed by atoms with van der Waals surface area (Å²) in [6.45, 7) is 8.02. The zero-order valence-electron chi connectivity index (χ0n) is 23.5. The molecule has 0 bridgehead atoms. The van der Waals surface area contributed by atoms with E-state index < -0.39 is 0 Å². The molecule has 2 heteroatoms. The highest BCUT2D eigenvalue weighted by Crippen LogP contribution is 2.30. The normalized spacial score (nSPS) is 10.3. The van der Waals surface area contributed by atoms with Gasteiger partial charge in [0.05, 0.1) is 0 Å². The van der Waals surface area contributed by atoms with Crippen molar-refractivity contribution in [3.63, 3.8) is 0 Å². The van der Waals surface area contributed by atoms with Crippen molar-refractivity contribution in [1.29, 1.82) is 0 Å². The number of para-hydroxylation sites is 2. The maximum atomic E-state index is 3.63. The van der Waals surface area contributed by atoms with Crippen molar-refractivity contribution < 1.29 is 0 Å². The minimum Gasteiger partial charge on any atom is -0.344 e. The first-order chi connectivity index (χ1) is 19.0. The van der Waals surface area contributed by atoms with E-state index in [2.05, 4.69) is 141 Å². The lowest BCUT2D eigenvalue weighted by Crippen LogP contribution is -2.11. The topological polar surface area (TPSA) is 6.48 Å². The van der Waals surface area contributed by atoms with E-state index in [1.54, 1.807) is 0 Å². The van der Waals surface area contributed by atoms with Crippen molar-refractivity contribution in [2.75, 3.05) is 23.9 Å². The number of hydrogen-bond acceptors (Lipinski definition) is 2. The van der Waals surface area contributed by atoms with Crippen molar-refractivity contribution in [2.45, 2.75) is 20.3 Å². The number of rotatable bonds is 7. The Hall–Kier alpha value is -4.56. The van der Waals surface area contributed by atoms with Gasteiger partial charge in [0.15, 0.2) is 0 Å². The molecule has 2 nitrogen and oxygen atoms in total. The van der Waals surface area contributed by atoms with Crippen LogP contribution in [0.25, 0.3) is 6.08 Å². The molecule has 0 N–H and O–H groups in total. The molecule has 0 amide bonds. The lowest BCUT2D eigenvalue weighted by atomic mass is 9.99. The zero-order valence-corrected chi connectivity index (χ0v) is 23.5. The Morgan fingerprint density at radius 2 is 0.923 bits per heavy atom. The predicted octanol–water partition coefficient (Wildman–Crippen LogP) is 9.76. The Balaban J connectivity index is 0.000000379. The van der Waals surface area contributed by atoms with E-state index in [0.29, 0.717) is 0 Å². The van der Waals surface area contributed by atoms with Crippen LogP contribution in [0.4, 0.5) is 22.7 Å². The zero-order chi connectivity index (χ0) is 27.6. The number of benzene rings is 5. The van der Waals surface area contributed by atoms with Crippen LogP contribution >= 0.6 is 0 Å². The van der Waals surface area contributed by atoms with Crippen LogP contribution in [0, 0.1) is 13.8 Å². The minimum absolute atomic E-state index is 0.937. The molecule has 0 aliphatic rings. The van der Waals surface area contributed by atoms with Gasteiger partial charge in [-0.1, -0.05) is 104 Å². The Labute approximate surface area is 234 Å². The van der Waals surface area contributed by atoms with Gasteiger partial charge in [-0.2, -0.15) is 0 Å². The average Bonchev–Trinajstić information content (AvgIpc) is 2.98. The van der Waals surface area contributed by atoms with Crippen molar-refractivity contribution >= 4 is 28.8 Å². The summed E-state index contributed by atoms with van der Waals surface area (Å²) in [5.41, 5.74) is 11.3. The first-order valence-corrected chi connectivity index (χ1v) is 13.4. The first kappa shape index (κ1) is 27.5. The molecule has 5 aromatic carbocycles. The van der Waals surface area contributed by atoms with Crippen LogP contribution in [0.3, 0.4) is 0 Å². The van der Waals surface area contributed by atoms with E-state index in [1.807, 2.05) is 36.4 Å². The summed E-state index contributed by atoms with van der Waals surface area (Å²) < 4.78 is 0. The molecule has 39 heavy (non-hydrogen) atoms. The first-order valence-electron chi connectivity index (χ1n) is 13.4. The van der Waals surface area contributed by atoms with E-state index in [4.69, 9.17) is 0 Å². The Morgan fingerprint density at radius 1 is 0.538 bits per heavy atom. The van der Waals surface area contributed by atoms with E-state index in [-0.39, 0.29) is 0 Å². The smallest absolute Gasteiger partial charge is 0.0437 e. The van der Waals surface area contributed by atoms with E-state index in [9.17, 15) is 0 Å². The van der Waals surface area contributed by atoms with Gasteiger partial charge in [0, 0.05) is 36.8 Å². The molecule has 0 saturated carbocycles. The van der Waals surface area contributed by atoms with Crippen molar-refractivity contribution in [1.82, 2.24) is 0 Å². The number of nitrogens with zero attached hydrogens (tertiary/aromatic N) is 2. The summed E-state index contributed by atoms with van der Waals surface area (Å²) in [6.07, 6.45) is 2.77. The molecule has 5 rings (SSSR count). The molecule has 5 aromatic rings. The van der Waals surface area contributed by atoms with Crippen LogP contribution in [0.5, 0.6) is 0 Å². The second-order valence-electron chi connectivity index (χ2n) is 9.82. The maximum absolute atomic E-state index is 3.63. The molecule has 0 unspecified atom stereocenters. The number of hydrogen-bond donors (Lipinski definition) is 0. The van der Waals surface area contributed by atoms with Crippen molar-refractivity contribution in [3.8, 4) is 0 Å². The lowest BCUT2D eigenvalue weighted by Gasteiger charge is -2.23. The monoisotopic (exact) mass is 510 g/mol. The van der Waals surface area contributed by atoms with Crippen molar-refractivity contribution in [2.24, 2.45) is 0 Å². The summed E-state index contributed by atoms with van der Waals surface area (Å²) in [5.74, 6) is 0. The van der Waals surface area contributed by atoms with Crippen molar-refractivity contribution in [3.05, 3.63) is 162 Å². The van der Waals surface area contributed by atoms with Gasteiger partial charge in [-0.05, 0) is 84.5 Å². The molecule has 0 aliphatic carbocycles. The largest absolute Gasteiger partial charge is 0.344 e. The van der Waals surface area contributed by atoms with E-state index in [1.165, 1.54) is 50.6 Å². The van der Waals surface area contributed by atoms with E-state index >= 15 is 0 Å². The maximum Gasteiger partial charge on any atom is 0.0437 e. The fraction of sp³-hybridized carbons (Fsp3) is 0.135. The van der Waals surface area contributed by atoms with Gasteiger partial charge in [-0.25, -0.2) is 0 Å². The van der Waals surface area contributed by atoms with Gasteiger partial charge >= 0.3 is 0 Å². The molecule has 0 atom stereocenters. The van der Waals surface area contributed by atoms with Crippen LogP contribution in [-0.2, 0) is 6.42 Å². The predicted molar refractivity (Wildman–Crippen MR) is 171 cm³/mol. The standard InChI is InChI=1S/C29H30N2.C8H8/c1-22-19-24(15-17-28(22)30(3)26-11-7-5-8-12-26)21-25-16-18-29(23(2)20-25)31(4)27-13-9-6-10-14-27;1-2-8-6-4-3-5-7-8/h5-20H,21H2,1-4H3;2-7H,1H2. The lowest BCUT2D eigenvalue weighted by molar-refractivity contribution is 1.13. The van der Waals surface area contributed by atoms with Crippen LogP contribution in [-0.4, -0.2) is 14.1 Å². The molecule has 0 aliphatic heterocycles. The fourth-order valence-electron chi connectivity index (χ4n) is 4.81. The molecule has 0 heterocycles. The molecule has 0 radical (unpaired) electrons. The van der Waals surface area contributed by atoms with Crippen LogP contribution in [0.15, 0.2) is 134 Å². The number of aryl methyl sites for hydroxylation is 2. The second kappa shape index (κ2) is 13.3. The Bertz CT molecular complexity index is 1380. The van der Waals surface area contributed by atoms with Crippen LogP contribution in [0.1, 0.15) is 27.8 Å². The highest BCUT2D eigenvalue weighted by Gasteiger charge is 2.10. The Morgan fingerprint density at radius 3 is 1.26 bits per heavy atom. The third-order valence-electron chi connectivity index (χ3n) is 6.98. The fourth-order valence-corrected chi connectivity index (χ4v) is 4.81. The molecule has 0 aromatic heterocycles. The number of anilines is 4. The molecular weight excluding hydrogens is 472 g/mol. The van der Waals surface area contributed by atoms with Crippen LogP contribution < -0.4 is 9.80 Å². The van der Waals surface area contributed by atoms with Gasteiger partial charge in [-0.15, -0.1) is 0 Å². The summed E-state index contributed by atoms with van der Waals surface area (Å²) in [5, 5.41) is 0. The Kier molecular flexibility index (Phi) is 9.37. The highest BCUT2D eigenvalue weighted by molar-refractivity contribution is 5.67. The third kappa shape index (κ3) is 7.27. The van der Waals surface area contributed by atoms with Crippen LogP contribution in [0.2, 0.25) is 0 Å². The van der Waals surface area contributed by atoms with Gasteiger partial charge in [0.1, 0.15) is 0 Å². The van der Waals surface area contributed by atoms with Gasteiger partial charge in [0.2, 0.25) is 0 Å². The summed E-state index contributed by atoms with van der Waals surface area (Å²) >= 11 is 0. The molecular formula is C37H38N2. The SMILES string of the molecule is C=Cc1ccccc1.Cc1cc(Cc2ccc(N(C)c3ccccc3)c(C)c2)ccc1N(C)c1ccccc1. The molecule has 196 valence electrons. The van der Waals surface area contributed by atoms with E-state index in [0.717, 1.165) is 6.42 Å². The summed E-state index contributed by atoms with van der Waals surface area (Å²) in [7, 11) is 4.26. The van der Waals surface area contributed by atoms with Gasteiger partial charge in [0.25, 0.3) is 0 Å². The minimum atomic E-state index is 0.937. The summed E-state index contributed by atoms with van der Waals surface area (Å²) in [4.78, 5) is 4.49. The quantitative estimate of drug-likeness (QED) is 0.215.